The number of nitrogens with zero attached hydrogens (tertiary/aromatic N) is 1. The highest BCUT2D eigenvalue weighted by Crippen LogP contribution is 2.09. The number of methoxy groups -OCH3 is 2. The molecule has 0 spiro atoms. The van der Waals surface area contributed by atoms with E-state index in [0.29, 0.717) is 0 Å². The number of nitrogens with two attached hydrogens (primary N) is 1. The topological polar surface area (TPSA) is 47.7 Å². The van der Waals surface area contributed by atoms with Crippen LogP contribution in [0.1, 0.15) is 12.0 Å². The van der Waals surface area contributed by atoms with Gasteiger partial charge >= 0.3 is 0 Å². The largest absolute Gasteiger partial charge is 0.399 e. The lowest BCUT2D eigenvalue weighted by molar-refractivity contribution is 0.129. The fourth-order valence-corrected chi connectivity index (χ4v) is 1.80. The molecule has 102 valence electrons. The zero-order chi connectivity index (χ0) is 13.2. The van der Waals surface area contributed by atoms with E-state index in [2.05, 4.69) is 17.0 Å². The summed E-state index contributed by atoms with van der Waals surface area (Å²) in [5.74, 6) is 0. The van der Waals surface area contributed by atoms with Crippen molar-refractivity contribution in [1.29, 1.82) is 0 Å². The van der Waals surface area contributed by atoms with E-state index in [1.165, 1.54) is 5.56 Å². The summed E-state index contributed by atoms with van der Waals surface area (Å²) in [6, 6.07) is 8.04. The molecule has 0 aliphatic carbocycles. The van der Waals surface area contributed by atoms with Crippen LogP contribution in [0.3, 0.4) is 0 Å². The fraction of sp³-hybridized carbons (Fsp3) is 0.571. The Balaban J connectivity index is 2.45. The molecule has 2 N–H and O–H groups in total. The minimum atomic E-state index is 0.752. The second-order valence-corrected chi connectivity index (χ2v) is 4.36. The van der Waals surface area contributed by atoms with Crippen molar-refractivity contribution in [3.8, 4) is 0 Å². The average Bonchev–Trinajstić information content (AvgIpc) is 2.38. The Kier molecular flexibility index (Phi) is 7.41. The molecule has 4 nitrogen and oxygen atoms in total. The third-order valence-corrected chi connectivity index (χ3v) is 2.82. The molecule has 0 saturated carbocycles. The number of hydrogen-bond acceptors (Lipinski definition) is 4. The van der Waals surface area contributed by atoms with Gasteiger partial charge in [-0.15, -0.1) is 0 Å². The Bertz CT molecular complexity index is 314. The van der Waals surface area contributed by atoms with E-state index in [4.69, 9.17) is 15.2 Å². The van der Waals surface area contributed by atoms with Crippen molar-refractivity contribution < 1.29 is 9.47 Å². The number of ether oxygens (including phenoxy) is 2. The molecule has 1 aromatic carbocycles. The van der Waals surface area contributed by atoms with Gasteiger partial charge in [0.25, 0.3) is 0 Å². The molecule has 0 atom stereocenters. The third kappa shape index (κ3) is 6.00. The Morgan fingerprint density at radius 1 is 1.00 bits per heavy atom. The second kappa shape index (κ2) is 8.91. The molecule has 0 radical (unpaired) electrons. The van der Waals surface area contributed by atoms with Crippen molar-refractivity contribution in [2.24, 2.45) is 0 Å². The summed E-state index contributed by atoms with van der Waals surface area (Å²) in [4.78, 5) is 2.37. The lowest BCUT2D eigenvalue weighted by atomic mass is 10.2. The second-order valence-electron chi connectivity index (χ2n) is 4.36. The van der Waals surface area contributed by atoms with Gasteiger partial charge < -0.3 is 15.2 Å². The van der Waals surface area contributed by atoms with E-state index < -0.39 is 0 Å². The van der Waals surface area contributed by atoms with Crippen molar-refractivity contribution >= 4 is 5.69 Å². The smallest absolute Gasteiger partial charge is 0.0589 e. The first-order valence-electron chi connectivity index (χ1n) is 6.31. The van der Waals surface area contributed by atoms with Crippen molar-refractivity contribution in [1.82, 2.24) is 4.90 Å². The molecule has 0 bridgehead atoms. The highest BCUT2D eigenvalue weighted by molar-refractivity contribution is 5.39. The molecule has 0 heterocycles. The first kappa shape index (κ1) is 15.0. The van der Waals surface area contributed by atoms with Gasteiger partial charge in [0.2, 0.25) is 0 Å². The molecule has 0 aliphatic heterocycles. The fourth-order valence-electron chi connectivity index (χ4n) is 1.80. The van der Waals surface area contributed by atoms with E-state index in [1.54, 1.807) is 14.2 Å². The number of rotatable bonds is 9. The van der Waals surface area contributed by atoms with Crippen LogP contribution in [0.25, 0.3) is 0 Å². The van der Waals surface area contributed by atoms with Crippen LogP contribution in [0.2, 0.25) is 0 Å². The summed E-state index contributed by atoms with van der Waals surface area (Å²) < 4.78 is 10.2. The van der Waals surface area contributed by atoms with Crippen LogP contribution in [0.4, 0.5) is 5.69 Å². The molecule has 0 aliphatic rings. The van der Waals surface area contributed by atoms with E-state index >= 15 is 0 Å². The first-order chi connectivity index (χ1) is 8.76. The molecule has 1 aromatic rings. The van der Waals surface area contributed by atoms with Gasteiger partial charge in [-0.05, 0) is 24.1 Å². The third-order valence-electron chi connectivity index (χ3n) is 2.82. The Morgan fingerprint density at radius 2 is 1.67 bits per heavy atom. The maximum absolute atomic E-state index is 5.69. The highest BCUT2D eigenvalue weighted by Gasteiger charge is 2.05. The Morgan fingerprint density at radius 3 is 2.28 bits per heavy atom. The van der Waals surface area contributed by atoms with Crippen LogP contribution in [-0.2, 0) is 16.0 Å². The summed E-state index contributed by atoms with van der Waals surface area (Å²) in [6.07, 6.45) is 1.04. The van der Waals surface area contributed by atoms with Gasteiger partial charge in [-0.1, -0.05) is 12.1 Å². The standard InChI is InChI=1S/C14H24N2O2/c1-17-10-3-8-16(9-11-18-2)12-13-4-6-14(15)7-5-13/h4-7H,3,8-12,15H2,1-2H3. The van der Waals surface area contributed by atoms with Crippen LogP contribution in [0.5, 0.6) is 0 Å². The molecule has 0 aromatic heterocycles. The van der Waals surface area contributed by atoms with Crippen molar-refractivity contribution in [2.75, 3.05) is 46.3 Å². The zero-order valence-electron chi connectivity index (χ0n) is 11.4. The van der Waals surface area contributed by atoms with E-state index in [1.807, 2.05) is 12.1 Å². The number of anilines is 1. The predicted octanol–water partition coefficient (Wildman–Crippen LogP) is 1.75. The maximum atomic E-state index is 5.69. The molecular weight excluding hydrogens is 228 g/mol. The van der Waals surface area contributed by atoms with Gasteiger partial charge in [-0.3, -0.25) is 4.90 Å². The van der Waals surface area contributed by atoms with Gasteiger partial charge in [0.05, 0.1) is 6.61 Å². The van der Waals surface area contributed by atoms with Gasteiger partial charge in [0, 0.05) is 46.1 Å². The summed E-state index contributed by atoms with van der Waals surface area (Å²) in [5, 5.41) is 0. The van der Waals surface area contributed by atoms with Gasteiger partial charge in [0.15, 0.2) is 0 Å². The zero-order valence-corrected chi connectivity index (χ0v) is 11.4. The molecule has 0 unspecified atom stereocenters. The SMILES string of the molecule is COCCCN(CCOC)Cc1ccc(N)cc1. The van der Waals surface area contributed by atoms with E-state index in [-0.39, 0.29) is 0 Å². The van der Waals surface area contributed by atoms with Gasteiger partial charge in [0.1, 0.15) is 0 Å². The van der Waals surface area contributed by atoms with Crippen LogP contribution in [0, 0.1) is 0 Å². The molecular formula is C14H24N2O2. The van der Waals surface area contributed by atoms with Gasteiger partial charge in [-0.2, -0.15) is 0 Å². The van der Waals surface area contributed by atoms with Crippen LogP contribution in [-0.4, -0.2) is 45.4 Å². The molecule has 0 fully saturated rings. The summed E-state index contributed by atoms with van der Waals surface area (Å²) in [5.41, 5.74) is 7.77. The summed E-state index contributed by atoms with van der Waals surface area (Å²) in [7, 11) is 3.47. The van der Waals surface area contributed by atoms with Gasteiger partial charge in [-0.25, -0.2) is 0 Å². The molecule has 18 heavy (non-hydrogen) atoms. The number of benzene rings is 1. The van der Waals surface area contributed by atoms with Crippen LogP contribution in [0.15, 0.2) is 24.3 Å². The van der Waals surface area contributed by atoms with Crippen molar-refractivity contribution in [3.05, 3.63) is 29.8 Å². The highest BCUT2D eigenvalue weighted by atomic mass is 16.5. The molecule has 4 heteroatoms. The molecule has 0 saturated heterocycles. The average molecular weight is 252 g/mol. The molecule has 1 rings (SSSR count). The normalized spacial score (nSPS) is 11.1. The summed E-state index contributed by atoms with van der Waals surface area (Å²) >= 11 is 0. The molecule has 0 amide bonds. The maximum Gasteiger partial charge on any atom is 0.0589 e. The Hall–Kier alpha value is -1.10. The monoisotopic (exact) mass is 252 g/mol. The van der Waals surface area contributed by atoms with Crippen molar-refractivity contribution in [3.63, 3.8) is 0 Å². The van der Waals surface area contributed by atoms with E-state index in [9.17, 15) is 0 Å². The summed E-state index contributed by atoms with van der Waals surface area (Å²) in [6.45, 7) is 4.42. The van der Waals surface area contributed by atoms with Crippen molar-refractivity contribution in [2.45, 2.75) is 13.0 Å². The van der Waals surface area contributed by atoms with Crippen LogP contribution < -0.4 is 5.73 Å². The quantitative estimate of drug-likeness (QED) is 0.537. The first-order valence-corrected chi connectivity index (χ1v) is 6.31. The Labute approximate surface area is 110 Å². The number of nitrogen functional groups attached to an aromatic ring is 1. The minimum Gasteiger partial charge on any atom is -0.399 e. The predicted molar refractivity (Wildman–Crippen MR) is 74.5 cm³/mol. The lowest BCUT2D eigenvalue weighted by Crippen LogP contribution is -2.28. The van der Waals surface area contributed by atoms with E-state index in [0.717, 1.165) is 45.0 Å². The number of hydrogen-bond donors (Lipinski definition) is 1. The minimum absolute atomic E-state index is 0.752. The van der Waals surface area contributed by atoms with Crippen LogP contribution >= 0.6 is 0 Å². The lowest BCUT2D eigenvalue weighted by Gasteiger charge is -2.22.